The lowest BCUT2D eigenvalue weighted by molar-refractivity contribution is -0.153. The van der Waals surface area contributed by atoms with Gasteiger partial charge in [-0.1, -0.05) is 0 Å². The number of sulfone groups is 1. The van der Waals surface area contributed by atoms with Crippen molar-refractivity contribution in [2.75, 3.05) is 18.6 Å². The summed E-state index contributed by atoms with van der Waals surface area (Å²) >= 11 is 0. The molecule has 2 N–H and O–H groups in total. The first kappa shape index (κ1) is 11.9. The fourth-order valence-corrected chi connectivity index (χ4v) is 3.03. The van der Waals surface area contributed by atoms with Gasteiger partial charge in [-0.25, -0.2) is 13.2 Å². The first-order valence-corrected chi connectivity index (χ1v) is 5.95. The van der Waals surface area contributed by atoms with Gasteiger partial charge in [-0.05, 0) is 0 Å². The van der Waals surface area contributed by atoms with Crippen molar-refractivity contribution >= 4 is 21.7 Å². The van der Waals surface area contributed by atoms with Gasteiger partial charge in [0, 0.05) is 0 Å². The van der Waals surface area contributed by atoms with Crippen molar-refractivity contribution in [1.82, 2.24) is 5.32 Å². The van der Waals surface area contributed by atoms with Crippen molar-refractivity contribution in [1.29, 1.82) is 0 Å². The molecule has 1 rings (SSSR count). The maximum Gasteiger partial charge on any atom is 0.396 e. The molecule has 0 bridgehead atoms. The fraction of sp³-hybridized carbons (Fsp3) is 0.714. The fourth-order valence-electron chi connectivity index (χ4n) is 1.29. The van der Waals surface area contributed by atoms with Gasteiger partial charge in [-0.2, -0.15) is 0 Å². The zero-order valence-electron chi connectivity index (χ0n) is 7.97. The molecule has 0 aromatic heterocycles. The molecule has 8 heteroatoms. The molecule has 1 saturated heterocycles. The number of amides is 1. The molecule has 1 amide bonds. The number of methoxy groups -OCH3 is 1. The van der Waals surface area contributed by atoms with Crippen molar-refractivity contribution in [2.45, 2.75) is 12.1 Å². The number of carbonyl (C=O) groups excluding carboxylic acids is 2. The van der Waals surface area contributed by atoms with E-state index in [1.54, 1.807) is 0 Å². The maximum atomic E-state index is 11.0. The van der Waals surface area contributed by atoms with E-state index in [0.29, 0.717) is 0 Å². The lowest BCUT2D eigenvalue weighted by Crippen LogP contribution is -2.45. The lowest BCUT2D eigenvalue weighted by atomic mass is 10.2. The van der Waals surface area contributed by atoms with Crippen LogP contribution in [0.2, 0.25) is 0 Å². The Morgan fingerprint density at radius 1 is 1.40 bits per heavy atom. The van der Waals surface area contributed by atoms with Gasteiger partial charge in [0.2, 0.25) is 0 Å². The lowest BCUT2D eigenvalue weighted by Gasteiger charge is -2.13. The zero-order chi connectivity index (χ0) is 11.6. The number of rotatable bonds is 1. The number of hydrogen-bond acceptors (Lipinski definition) is 6. The van der Waals surface area contributed by atoms with Crippen LogP contribution in [0.25, 0.3) is 0 Å². The minimum Gasteiger partial charge on any atom is -0.462 e. The molecule has 0 aromatic rings. The summed E-state index contributed by atoms with van der Waals surface area (Å²) in [5, 5.41) is 11.4. The Morgan fingerprint density at radius 3 is 2.40 bits per heavy atom. The molecular weight excluding hydrogens is 226 g/mol. The number of hydrogen-bond donors (Lipinski definition) is 2. The van der Waals surface area contributed by atoms with Gasteiger partial charge in [0.1, 0.15) is 0 Å². The number of esters is 1. The molecule has 2 atom stereocenters. The molecule has 15 heavy (non-hydrogen) atoms. The Labute approximate surface area is 86.3 Å². The van der Waals surface area contributed by atoms with E-state index < -0.39 is 39.6 Å². The average Bonchev–Trinajstić information content (AvgIpc) is 2.38. The Morgan fingerprint density at radius 2 is 2.00 bits per heavy atom. The number of aliphatic hydroxyl groups excluding tert-OH is 1. The van der Waals surface area contributed by atoms with E-state index in [9.17, 15) is 23.1 Å². The van der Waals surface area contributed by atoms with Crippen LogP contribution in [0, 0.1) is 0 Å². The van der Waals surface area contributed by atoms with Crippen LogP contribution in [0.3, 0.4) is 0 Å². The molecule has 0 aromatic carbocycles. The summed E-state index contributed by atoms with van der Waals surface area (Å²) in [5.74, 6) is -2.94. The van der Waals surface area contributed by atoms with Gasteiger partial charge in [0.25, 0.3) is 0 Å². The largest absolute Gasteiger partial charge is 0.462 e. The van der Waals surface area contributed by atoms with Crippen LogP contribution in [0.1, 0.15) is 0 Å². The normalized spacial score (nSPS) is 28.4. The molecule has 0 spiro atoms. The van der Waals surface area contributed by atoms with Crippen molar-refractivity contribution in [3.8, 4) is 0 Å². The van der Waals surface area contributed by atoms with E-state index >= 15 is 0 Å². The van der Waals surface area contributed by atoms with Crippen LogP contribution < -0.4 is 5.32 Å². The molecular formula is C7H11NO6S. The van der Waals surface area contributed by atoms with E-state index in [1.165, 1.54) is 0 Å². The highest BCUT2D eigenvalue weighted by Crippen LogP contribution is 2.12. The number of aliphatic hydroxyl groups is 1. The summed E-state index contributed by atoms with van der Waals surface area (Å²) < 4.78 is 26.2. The second-order valence-corrected chi connectivity index (χ2v) is 5.37. The zero-order valence-corrected chi connectivity index (χ0v) is 8.78. The first-order valence-electron chi connectivity index (χ1n) is 4.13. The van der Waals surface area contributed by atoms with Gasteiger partial charge in [-0.3, -0.25) is 4.79 Å². The van der Waals surface area contributed by atoms with Crippen LogP contribution in [-0.2, 0) is 24.2 Å². The van der Waals surface area contributed by atoms with Gasteiger partial charge in [0.15, 0.2) is 9.84 Å². The van der Waals surface area contributed by atoms with E-state index in [2.05, 4.69) is 10.1 Å². The number of nitrogens with one attached hydrogen (secondary N) is 1. The standard InChI is InChI=1S/C7H11NO6S/c1-14-7(11)6(10)8-4-2-15(12,13)3-5(4)9/h4-5,9H,2-3H2,1H3,(H,8,10)/t4-,5-/m1/s1. The molecule has 0 unspecified atom stereocenters. The summed E-state index contributed by atoms with van der Waals surface area (Å²) in [6.45, 7) is 0. The predicted octanol–water partition coefficient (Wildman–Crippen LogP) is -2.57. The van der Waals surface area contributed by atoms with Crippen LogP contribution in [-0.4, -0.2) is 56.2 Å². The van der Waals surface area contributed by atoms with E-state index in [0.717, 1.165) is 7.11 Å². The smallest absolute Gasteiger partial charge is 0.396 e. The predicted molar refractivity (Wildman–Crippen MR) is 48.6 cm³/mol. The van der Waals surface area contributed by atoms with Crippen LogP contribution in [0.5, 0.6) is 0 Å². The maximum absolute atomic E-state index is 11.0. The monoisotopic (exact) mass is 237 g/mol. The number of ether oxygens (including phenoxy) is 1. The van der Waals surface area contributed by atoms with Crippen molar-refractivity contribution in [3.05, 3.63) is 0 Å². The summed E-state index contributed by atoms with van der Waals surface area (Å²) in [7, 11) is -2.31. The molecule has 0 radical (unpaired) electrons. The minimum absolute atomic E-state index is 0.364. The third-order valence-corrected chi connectivity index (χ3v) is 3.73. The average molecular weight is 237 g/mol. The second kappa shape index (κ2) is 4.15. The third kappa shape index (κ3) is 2.90. The highest BCUT2D eigenvalue weighted by Gasteiger charge is 2.38. The van der Waals surface area contributed by atoms with Gasteiger partial charge >= 0.3 is 11.9 Å². The molecule has 0 saturated carbocycles. The quantitative estimate of drug-likeness (QED) is 0.383. The summed E-state index contributed by atoms with van der Waals surface area (Å²) in [5.41, 5.74) is 0. The highest BCUT2D eigenvalue weighted by atomic mass is 32.2. The second-order valence-electron chi connectivity index (χ2n) is 3.22. The minimum atomic E-state index is -3.34. The highest BCUT2D eigenvalue weighted by molar-refractivity contribution is 7.91. The van der Waals surface area contributed by atoms with E-state index in [4.69, 9.17) is 0 Å². The summed E-state index contributed by atoms with van der Waals surface area (Å²) in [4.78, 5) is 21.7. The number of carbonyl (C=O) groups is 2. The van der Waals surface area contributed by atoms with Crippen molar-refractivity contribution in [2.24, 2.45) is 0 Å². The SMILES string of the molecule is COC(=O)C(=O)N[C@@H]1CS(=O)(=O)C[C@H]1O. The molecule has 7 nitrogen and oxygen atoms in total. The molecule has 86 valence electrons. The molecule has 0 aliphatic carbocycles. The van der Waals surface area contributed by atoms with Crippen LogP contribution in [0.15, 0.2) is 0 Å². The third-order valence-electron chi connectivity index (χ3n) is 2.01. The Hall–Kier alpha value is -1.15. The Bertz CT molecular complexity index is 375. The van der Waals surface area contributed by atoms with Crippen LogP contribution in [0.4, 0.5) is 0 Å². The van der Waals surface area contributed by atoms with Crippen molar-refractivity contribution in [3.63, 3.8) is 0 Å². The molecule has 1 aliphatic heterocycles. The first-order chi connectivity index (χ1) is 6.85. The van der Waals surface area contributed by atoms with Gasteiger partial charge in [0.05, 0.1) is 30.8 Å². The Kier molecular flexibility index (Phi) is 3.30. The van der Waals surface area contributed by atoms with E-state index in [-0.39, 0.29) is 5.75 Å². The topological polar surface area (TPSA) is 110 Å². The molecule has 1 fully saturated rings. The van der Waals surface area contributed by atoms with Crippen LogP contribution >= 0.6 is 0 Å². The molecule has 1 aliphatic rings. The van der Waals surface area contributed by atoms with Crippen molar-refractivity contribution < 1.29 is 27.9 Å². The summed E-state index contributed by atoms with van der Waals surface area (Å²) in [6, 6.07) is -0.943. The Balaban J connectivity index is 2.61. The van der Waals surface area contributed by atoms with Gasteiger partial charge in [-0.15, -0.1) is 0 Å². The van der Waals surface area contributed by atoms with Gasteiger partial charge < -0.3 is 15.2 Å². The molecule has 1 heterocycles. The summed E-state index contributed by atoms with van der Waals surface area (Å²) in [6.07, 6.45) is -1.18. The van der Waals surface area contributed by atoms with E-state index in [1.807, 2.05) is 0 Å².